The Morgan fingerprint density at radius 3 is 1.27 bits per heavy atom. The molecule has 4 nitrogen and oxygen atoms in total. The molecule has 1 rings (SSSR count). The van der Waals surface area contributed by atoms with Crippen molar-refractivity contribution in [3.05, 3.63) is 0 Å². The maximum Gasteiger partial charge on any atom is 0.309 e. The van der Waals surface area contributed by atoms with Gasteiger partial charge in [-0.15, -0.1) is 0 Å². The van der Waals surface area contributed by atoms with Crippen molar-refractivity contribution in [2.45, 2.75) is 149 Å². The molecule has 0 amide bonds. The first kappa shape index (κ1) is 30.0. The lowest BCUT2D eigenvalue weighted by Gasteiger charge is -2.28. The molecular formula is C29H54O4. The Balaban J connectivity index is 1.93. The highest BCUT2D eigenvalue weighted by molar-refractivity contribution is 5.82. The van der Waals surface area contributed by atoms with Gasteiger partial charge in [0.15, 0.2) is 0 Å². The summed E-state index contributed by atoms with van der Waals surface area (Å²) in [7, 11) is 0. The first-order valence-corrected chi connectivity index (χ1v) is 14.5. The summed E-state index contributed by atoms with van der Waals surface area (Å²) in [4.78, 5) is 24.8. The second-order valence-corrected chi connectivity index (χ2v) is 10.1. The van der Waals surface area contributed by atoms with Gasteiger partial charge in [-0.2, -0.15) is 0 Å². The molecule has 0 saturated heterocycles. The second-order valence-electron chi connectivity index (χ2n) is 10.1. The molecule has 0 spiro atoms. The van der Waals surface area contributed by atoms with Crippen molar-refractivity contribution in [2.24, 2.45) is 11.8 Å². The van der Waals surface area contributed by atoms with E-state index in [0.29, 0.717) is 13.2 Å². The Morgan fingerprint density at radius 2 is 0.879 bits per heavy atom. The largest absolute Gasteiger partial charge is 0.465 e. The lowest BCUT2D eigenvalue weighted by Crippen LogP contribution is -2.35. The fourth-order valence-electron chi connectivity index (χ4n) is 4.93. The first-order chi connectivity index (χ1) is 16.2. The van der Waals surface area contributed by atoms with Crippen LogP contribution in [0.5, 0.6) is 0 Å². The van der Waals surface area contributed by atoms with Crippen LogP contribution in [0.4, 0.5) is 0 Å². The molecule has 2 atom stereocenters. The number of esters is 2. The maximum absolute atomic E-state index is 12.5. The molecule has 1 fully saturated rings. The lowest BCUT2D eigenvalue weighted by atomic mass is 9.79. The van der Waals surface area contributed by atoms with Gasteiger partial charge >= 0.3 is 11.9 Å². The second kappa shape index (κ2) is 21.5. The van der Waals surface area contributed by atoms with E-state index < -0.39 is 0 Å². The van der Waals surface area contributed by atoms with Crippen LogP contribution in [0.1, 0.15) is 149 Å². The highest BCUT2D eigenvalue weighted by atomic mass is 16.5. The van der Waals surface area contributed by atoms with Crippen LogP contribution in [0, 0.1) is 11.8 Å². The minimum absolute atomic E-state index is 0.186. The minimum atomic E-state index is -0.302. The number of carbonyl (C=O) groups excluding carboxylic acids is 2. The van der Waals surface area contributed by atoms with Crippen molar-refractivity contribution in [2.75, 3.05) is 13.2 Å². The summed E-state index contributed by atoms with van der Waals surface area (Å²) in [5.74, 6) is -0.997. The monoisotopic (exact) mass is 466 g/mol. The number of unbranched alkanes of at least 4 members (excludes halogenated alkanes) is 15. The Morgan fingerprint density at radius 1 is 0.515 bits per heavy atom. The molecule has 0 aromatic heterocycles. The van der Waals surface area contributed by atoms with E-state index in [4.69, 9.17) is 9.47 Å². The number of hydrogen-bond donors (Lipinski definition) is 0. The number of carbonyl (C=O) groups is 2. The predicted octanol–water partition coefficient (Wildman–Crippen LogP) is 8.55. The van der Waals surface area contributed by atoms with E-state index in [-0.39, 0.29) is 23.8 Å². The van der Waals surface area contributed by atoms with Crippen molar-refractivity contribution in [1.29, 1.82) is 0 Å². The van der Waals surface area contributed by atoms with Gasteiger partial charge in [-0.05, 0) is 25.7 Å². The average Bonchev–Trinajstić information content (AvgIpc) is 2.84. The molecule has 0 aromatic carbocycles. The zero-order valence-electron chi connectivity index (χ0n) is 22.1. The summed E-state index contributed by atoms with van der Waals surface area (Å²) in [6.07, 6.45) is 25.7. The van der Waals surface area contributed by atoms with Crippen molar-refractivity contribution in [3.63, 3.8) is 0 Å². The predicted molar refractivity (Wildman–Crippen MR) is 137 cm³/mol. The van der Waals surface area contributed by atoms with Gasteiger partial charge in [-0.1, -0.05) is 123 Å². The van der Waals surface area contributed by atoms with Gasteiger partial charge in [0.25, 0.3) is 0 Å². The molecule has 0 N–H and O–H groups in total. The molecule has 2 unspecified atom stereocenters. The lowest BCUT2D eigenvalue weighted by molar-refractivity contribution is -0.163. The van der Waals surface area contributed by atoms with Crippen LogP contribution >= 0.6 is 0 Å². The van der Waals surface area contributed by atoms with Crippen LogP contribution in [0.2, 0.25) is 0 Å². The molecule has 0 aromatic rings. The van der Waals surface area contributed by atoms with Gasteiger partial charge in [-0.25, -0.2) is 0 Å². The molecule has 0 radical (unpaired) electrons. The molecule has 194 valence electrons. The molecule has 1 saturated carbocycles. The van der Waals surface area contributed by atoms with Crippen LogP contribution in [-0.4, -0.2) is 25.2 Å². The summed E-state index contributed by atoms with van der Waals surface area (Å²) in [6, 6.07) is 0. The van der Waals surface area contributed by atoms with E-state index in [2.05, 4.69) is 6.92 Å². The molecule has 4 heteroatoms. The van der Waals surface area contributed by atoms with E-state index in [1.54, 1.807) is 0 Å². The fourth-order valence-corrected chi connectivity index (χ4v) is 4.93. The van der Waals surface area contributed by atoms with Gasteiger partial charge in [0.2, 0.25) is 0 Å². The van der Waals surface area contributed by atoms with Crippen molar-refractivity contribution >= 4 is 11.9 Å². The van der Waals surface area contributed by atoms with Gasteiger partial charge in [-0.3, -0.25) is 9.59 Å². The van der Waals surface area contributed by atoms with Gasteiger partial charge in [0, 0.05) is 0 Å². The zero-order valence-corrected chi connectivity index (χ0v) is 22.1. The molecule has 33 heavy (non-hydrogen) atoms. The summed E-state index contributed by atoms with van der Waals surface area (Å²) in [6.45, 7) is 5.19. The Hall–Kier alpha value is -1.06. The average molecular weight is 467 g/mol. The third kappa shape index (κ3) is 15.5. The summed E-state index contributed by atoms with van der Waals surface area (Å²) >= 11 is 0. The Bertz CT molecular complexity index is 476. The van der Waals surface area contributed by atoms with Crippen molar-refractivity contribution in [1.82, 2.24) is 0 Å². The van der Waals surface area contributed by atoms with E-state index in [9.17, 15) is 9.59 Å². The smallest absolute Gasteiger partial charge is 0.309 e. The quantitative estimate of drug-likeness (QED) is 0.126. The topological polar surface area (TPSA) is 52.6 Å². The van der Waals surface area contributed by atoms with Crippen molar-refractivity contribution in [3.8, 4) is 0 Å². The molecule has 1 aliphatic carbocycles. The SMILES string of the molecule is CCCCCCCCCCCCCCCCCCOC(=O)C1CCCCC1C(=O)OCCC. The standard InChI is InChI=1S/C29H54O4/c1-3-5-6-7-8-9-10-11-12-13-14-15-16-17-18-21-25-33-29(31)27-23-20-19-22-26(27)28(30)32-24-4-2/h26-27H,3-25H2,1-2H3. The van der Waals surface area contributed by atoms with E-state index >= 15 is 0 Å². The van der Waals surface area contributed by atoms with E-state index in [1.807, 2.05) is 6.92 Å². The van der Waals surface area contributed by atoms with Crippen LogP contribution in [0.15, 0.2) is 0 Å². The van der Waals surface area contributed by atoms with Gasteiger partial charge in [0.1, 0.15) is 0 Å². The van der Waals surface area contributed by atoms with Gasteiger partial charge in [0.05, 0.1) is 25.0 Å². The van der Waals surface area contributed by atoms with Crippen LogP contribution in [0.25, 0.3) is 0 Å². The maximum atomic E-state index is 12.5. The molecule has 0 aliphatic heterocycles. The third-order valence-corrected chi connectivity index (χ3v) is 7.06. The number of rotatable bonds is 21. The molecular weight excluding hydrogens is 412 g/mol. The third-order valence-electron chi connectivity index (χ3n) is 7.06. The Kier molecular flexibility index (Phi) is 19.5. The first-order valence-electron chi connectivity index (χ1n) is 14.5. The van der Waals surface area contributed by atoms with Crippen molar-refractivity contribution < 1.29 is 19.1 Å². The van der Waals surface area contributed by atoms with Crippen LogP contribution in [0.3, 0.4) is 0 Å². The van der Waals surface area contributed by atoms with Crippen LogP contribution < -0.4 is 0 Å². The minimum Gasteiger partial charge on any atom is -0.465 e. The normalized spacial score (nSPS) is 18.2. The summed E-state index contributed by atoms with van der Waals surface area (Å²) < 4.78 is 10.8. The fraction of sp³-hybridized carbons (Fsp3) is 0.931. The summed E-state index contributed by atoms with van der Waals surface area (Å²) in [5, 5.41) is 0. The van der Waals surface area contributed by atoms with Crippen LogP contribution in [-0.2, 0) is 19.1 Å². The van der Waals surface area contributed by atoms with E-state index in [0.717, 1.165) is 44.9 Å². The summed E-state index contributed by atoms with van der Waals surface area (Å²) in [5.41, 5.74) is 0. The van der Waals surface area contributed by atoms with E-state index in [1.165, 1.54) is 89.9 Å². The number of hydrogen-bond acceptors (Lipinski definition) is 4. The highest BCUT2D eigenvalue weighted by Crippen LogP contribution is 2.32. The molecule has 1 aliphatic rings. The highest BCUT2D eigenvalue weighted by Gasteiger charge is 2.37. The zero-order chi connectivity index (χ0) is 24.0. The molecule has 0 bridgehead atoms. The number of ether oxygens (including phenoxy) is 2. The Labute approximate surface area is 205 Å². The van der Waals surface area contributed by atoms with Gasteiger partial charge < -0.3 is 9.47 Å². The molecule has 0 heterocycles.